The number of para-hydroxylation sites is 2. The minimum atomic E-state index is 0.0470. The molecule has 1 heterocycles. The van der Waals surface area contributed by atoms with Gasteiger partial charge in [0, 0.05) is 44.6 Å². The van der Waals surface area contributed by atoms with E-state index in [2.05, 4.69) is 279 Å². The zero-order chi connectivity index (χ0) is 46.5. The highest BCUT2D eigenvalue weighted by molar-refractivity contribution is 6.14. The molecule has 3 heteroatoms. The summed E-state index contributed by atoms with van der Waals surface area (Å²) in [5.41, 5.74) is 16.7. The number of benzene rings is 11. The van der Waals surface area contributed by atoms with Crippen molar-refractivity contribution >= 4 is 77.6 Å². The van der Waals surface area contributed by atoms with Crippen LogP contribution in [0.5, 0.6) is 0 Å². The lowest BCUT2D eigenvalue weighted by Crippen LogP contribution is -2.13. The molecule has 0 N–H and O–H groups in total. The fourth-order valence-electron chi connectivity index (χ4n) is 9.97. The molecule has 12 aromatic rings. The van der Waals surface area contributed by atoms with Gasteiger partial charge in [-0.15, -0.1) is 0 Å². The second kappa shape index (κ2) is 17.2. The van der Waals surface area contributed by atoms with Gasteiger partial charge in [0.05, 0.1) is 11.4 Å². The minimum Gasteiger partial charge on any atom is -0.456 e. The summed E-state index contributed by atoms with van der Waals surface area (Å²) in [4.78, 5) is 4.77. The van der Waals surface area contributed by atoms with E-state index in [1.54, 1.807) is 0 Å². The monoisotopic (exact) mass is 886 g/mol. The highest BCUT2D eigenvalue weighted by Gasteiger charge is 2.22. The topological polar surface area (TPSA) is 19.6 Å². The van der Waals surface area contributed by atoms with E-state index in [4.69, 9.17) is 4.42 Å². The van der Waals surface area contributed by atoms with Gasteiger partial charge in [-0.3, -0.25) is 0 Å². The number of furan rings is 1. The first-order chi connectivity index (χ1) is 33.8. The Morgan fingerprint density at radius 1 is 0.304 bits per heavy atom. The molecule has 0 amide bonds. The van der Waals surface area contributed by atoms with Gasteiger partial charge in [-0.2, -0.15) is 0 Å². The summed E-state index contributed by atoms with van der Waals surface area (Å²) in [7, 11) is 0. The Kier molecular flexibility index (Phi) is 10.4. The second-order valence-corrected chi connectivity index (χ2v) is 19.0. The van der Waals surface area contributed by atoms with Gasteiger partial charge in [0.1, 0.15) is 11.2 Å². The minimum absolute atomic E-state index is 0.0470. The first-order valence-corrected chi connectivity index (χ1v) is 23.8. The molecule has 11 aromatic carbocycles. The third kappa shape index (κ3) is 7.88. The van der Waals surface area contributed by atoms with Crippen molar-refractivity contribution in [1.82, 2.24) is 0 Å². The molecule has 3 nitrogen and oxygen atoms in total. The molecule has 0 aliphatic heterocycles. The first-order valence-electron chi connectivity index (χ1n) is 23.8. The average molecular weight is 887 g/mol. The number of nitrogens with zero attached hydrogens (tertiary/aromatic N) is 2. The summed E-state index contributed by atoms with van der Waals surface area (Å²) in [6.07, 6.45) is 0. The molecule has 0 aliphatic carbocycles. The Morgan fingerprint density at radius 2 is 0.681 bits per heavy atom. The highest BCUT2D eigenvalue weighted by Crippen LogP contribution is 2.45. The van der Waals surface area contributed by atoms with Crippen molar-refractivity contribution in [3.8, 4) is 33.4 Å². The maximum atomic E-state index is 6.83. The third-order valence-corrected chi connectivity index (χ3v) is 13.6. The number of hydrogen-bond acceptors (Lipinski definition) is 3. The Balaban J connectivity index is 0.965. The second-order valence-electron chi connectivity index (χ2n) is 19.0. The van der Waals surface area contributed by atoms with E-state index in [1.165, 1.54) is 33.4 Å². The third-order valence-electron chi connectivity index (χ3n) is 13.6. The van der Waals surface area contributed by atoms with Crippen LogP contribution >= 0.6 is 0 Å². The molecule has 0 fully saturated rings. The van der Waals surface area contributed by atoms with Crippen LogP contribution in [0, 0.1) is 0 Å². The van der Waals surface area contributed by atoms with Gasteiger partial charge in [0.15, 0.2) is 0 Å². The van der Waals surface area contributed by atoms with E-state index in [1.807, 2.05) is 0 Å². The molecule has 12 rings (SSSR count). The van der Waals surface area contributed by atoms with E-state index in [0.717, 1.165) is 83.2 Å². The molecule has 0 saturated carbocycles. The summed E-state index contributed by atoms with van der Waals surface area (Å²) in [5.74, 6) is 0. The van der Waals surface area contributed by atoms with Crippen molar-refractivity contribution in [2.75, 3.05) is 9.80 Å². The quantitative estimate of drug-likeness (QED) is 0.144. The van der Waals surface area contributed by atoms with Crippen molar-refractivity contribution < 1.29 is 4.42 Å². The van der Waals surface area contributed by atoms with E-state index < -0.39 is 0 Å². The fraction of sp³-hybridized carbons (Fsp3) is 0.0606. The van der Waals surface area contributed by atoms with E-state index >= 15 is 0 Å². The van der Waals surface area contributed by atoms with E-state index in [9.17, 15) is 0 Å². The van der Waals surface area contributed by atoms with Crippen molar-refractivity contribution in [3.63, 3.8) is 0 Å². The molecule has 1 aromatic heterocycles. The summed E-state index contributed by atoms with van der Waals surface area (Å²) < 4.78 is 6.83. The smallest absolute Gasteiger partial charge is 0.136 e. The first kappa shape index (κ1) is 41.7. The fourth-order valence-corrected chi connectivity index (χ4v) is 9.97. The predicted octanol–water partition coefficient (Wildman–Crippen LogP) is 19.1. The normalized spacial score (nSPS) is 11.7. The molecule has 0 bridgehead atoms. The molecule has 0 atom stereocenters. The van der Waals surface area contributed by atoms with Crippen LogP contribution in [0.1, 0.15) is 26.3 Å². The van der Waals surface area contributed by atoms with Crippen LogP contribution < -0.4 is 9.80 Å². The average Bonchev–Trinajstić information content (AvgIpc) is 3.74. The maximum absolute atomic E-state index is 6.83. The maximum Gasteiger partial charge on any atom is 0.136 e. The number of anilines is 6. The lowest BCUT2D eigenvalue weighted by Gasteiger charge is -2.29. The van der Waals surface area contributed by atoms with E-state index in [0.29, 0.717) is 0 Å². The van der Waals surface area contributed by atoms with Gasteiger partial charge in [0.2, 0.25) is 0 Å². The van der Waals surface area contributed by atoms with Gasteiger partial charge < -0.3 is 14.2 Å². The Hall–Kier alpha value is -8.66. The zero-order valence-corrected chi connectivity index (χ0v) is 39.0. The molecular formula is C66H50N2O. The van der Waals surface area contributed by atoms with Gasteiger partial charge in [-0.25, -0.2) is 0 Å². The van der Waals surface area contributed by atoms with Crippen molar-refractivity contribution in [3.05, 3.63) is 254 Å². The zero-order valence-electron chi connectivity index (χ0n) is 39.0. The molecule has 330 valence electrons. The number of fused-ring (bicyclic) bond motifs is 5. The van der Waals surface area contributed by atoms with Crippen molar-refractivity contribution in [1.29, 1.82) is 0 Å². The van der Waals surface area contributed by atoms with Crippen molar-refractivity contribution in [2.45, 2.75) is 26.2 Å². The Bertz CT molecular complexity index is 3790. The summed E-state index contributed by atoms with van der Waals surface area (Å²) in [5, 5.41) is 6.76. The molecule has 0 aliphatic rings. The van der Waals surface area contributed by atoms with Gasteiger partial charge in [-0.05, 0) is 140 Å². The van der Waals surface area contributed by atoms with Crippen LogP contribution in [0.3, 0.4) is 0 Å². The van der Waals surface area contributed by atoms with Crippen molar-refractivity contribution in [2.24, 2.45) is 0 Å². The van der Waals surface area contributed by atoms with Crippen LogP contribution in [-0.2, 0) is 5.41 Å². The van der Waals surface area contributed by atoms with Gasteiger partial charge >= 0.3 is 0 Å². The van der Waals surface area contributed by atoms with Gasteiger partial charge in [0.25, 0.3) is 0 Å². The molecule has 0 saturated heterocycles. The van der Waals surface area contributed by atoms with Crippen LogP contribution in [0.2, 0.25) is 0 Å². The molecule has 0 radical (unpaired) electrons. The molecule has 69 heavy (non-hydrogen) atoms. The summed E-state index contributed by atoms with van der Waals surface area (Å²) in [6.45, 7) is 6.79. The van der Waals surface area contributed by atoms with Crippen LogP contribution in [0.15, 0.2) is 253 Å². The van der Waals surface area contributed by atoms with Crippen LogP contribution in [-0.4, -0.2) is 0 Å². The lowest BCUT2D eigenvalue weighted by atomic mass is 9.87. The highest BCUT2D eigenvalue weighted by atomic mass is 16.3. The molecule has 0 unspecified atom stereocenters. The van der Waals surface area contributed by atoms with Crippen LogP contribution in [0.25, 0.3) is 76.9 Å². The van der Waals surface area contributed by atoms with Gasteiger partial charge in [-0.1, -0.05) is 185 Å². The summed E-state index contributed by atoms with van der Waals surface area (Å²) in [6, 6.07) is 89.9. The SMILES string of the molecule is CC(C)(C)c1ccc(N(c2ccc3cc4c(cc3c2)oc2cc3cc(N(c5ccc(-c6ccccc6)cc5)c5ccccc5-c5ccccc5)ccc3cc24)c2ccccc2-c2ccccc2)cc1. The molecule has 0 spiro atoms. The van der Waals surface area contributed by atoms with Crippen LogP contribution in [0.4, 0.5) is 34.1 Å². The summed E-state index contributed by atoms with van der Waals surface area (Å²) >= 11 is 0. The number of hydrogen-bond donors (Lipinski definition) is 0. The lowest BCUT2D eigenvalue weighted by molar-refractivity contribution is 0.590. The molecular weight excluding hydrogens is 837 g/mol. The Morgan fingerprint density at radius 3 is 1.13 bits per heavy atom. The predicted molar refractivity (Wildman–Crippen MR) is 293 cm³/mol. The largest absolute Gasteiger partial charge is 0.456 e. The standard InChI is InChI=1S/C66H50N2O/c1-66(2,3)53-31-37-55(38-32-53)68(63-26-16-14-24-59(63)48-21-11-6-12-22-48)57-36-30-50-42-61-60-41-49-29-35-56(39-51(49)43-64(60)69-65(61)44-52(50)40-57)67(54-33-27-46(28-34-54)45-17-7-4-8-18-45)62-25-15-13-23-58(62)47-19-9-5-10-20-47/h4-44H,1-3H3. The Labute approximate surface area is 403 Å². The number of rotatable bonds is 9. The van der Waals surface area contributed by atoms with E-state index in [-0.39, 0.29) is 5.41 Å².